The Labute approximate surface area is 243 Å². The second-order valence-corrected chi connectivity index (χ2v) is 15.5. The summed E-state index contributed by atoms with van der Waals surface area (Å²) < 4.78 is 28.9. The number of anilines is 1. The van der Waals surface area contributed by atoms with Gasteiger partial charge in [0.15, 0.2) is 0 Å². The topological polar surface area (TPSA) is 159 Å². The standard InChI is InChI=1S/C28H35N5O6S2/c1-16(34)32-10-9-20-21(13-32)40-25(22(20)24(36)31-26(29)37)30-23(35)17-5-7-19(8-6-17)41(38,39)33-15-28(4)12-18(33)11-27(2,3)14-28/h5-8,18H,9-15H2,1-4H3,(H,30,35)(H3,29,31,36,37). The van der Waals surface area contributed by atoms with Crippen LogP contribution in [0, 0.1) is 10.8 Å². The van der Waals surface area contributed by atoms with Gasteiger partial charge in [0.25, 0.3) is 11.8 Å². The first-order valence-electron chi connectivity index (χ1n) is 13.5. The largest absolute Gasteiger partial charge is 0.351 e. The van der Waals surface area contributed by atoms with Crippen molar-refractivity contribution in [3.63, 3.8) is 0 Å². The highest BCUT2D eigenvalue weighted by atomic mass is 32.2. The molecule has 41 heavy (non-hydrogen) atoms. The molecule has 0 spiro atoms. The Morgan fingerprint density at radius 1 is 1.05 bits per heavy atom. The predicted octanol–water partition coefficient (Wildman–Crippen LogP) is 3.30. The number of nitrogens with zero attached hydrogens (tertiary/aromatic N) is 2. The highest BCUT2D eigenvalue weighted by molar-refractivity contribution is 7.89. The number of primary amides is 1. The Bertz CT molecular complexity index is 1550. The van der Waals surface area contributed by atoms with Gasteiger partial charge in [0.2, 0.25) is 15.9 Å². The van der Waals surface area contributed by atoms with E-state index in [-0.39, 0.29) is 50.3 Å². The summed E-state index contributed by atoms with van der Waals surface area (Å²) in [6.07, 6.45) is 3.00. The minimum atomic E-state index is -3.75. The first-order valence-corrected chi connectivity index (χ1v) is 15.8. The number of nitrogens with one attached hydrogen (secondary N) is 2. The zero-order chi connectivity index (χ0) is 29.9. The van der Waals surface area contributed by atoms with Gasteiger partial charge in [-0.3, -0.25) is 19.7 Å². The molecule has 5 rings (SSSR count). The molecular weight excluding hydrogens is 566 g/mol. The number of nitrogens with two attached hydrogens (primary N) is 1. The van der Waals surface area contributed by atoms with Crippen molar-refractivity contribution in [1.82, 2.24) is 14.5 Å². The van der Waals surface area contributed by atoms with Gasteiger partial charge < -0.3 is 16.0 Å². The number of urea groups is 1. The maximum Gasteiger partial charge on any atom is 0.319 e. The summed E-state index contributed by atoms with van der Waals surface area (Å²) in [7, 11) is -3.75. The molecule has 5 amide bonds. The molecule has 1 aromatic heterocycles. The van der Waals surface area contributed by atoms with Crippen molar-refractivity contribution < 1.29 is 27.6 Å². The third kappa shape index (κ3) is 5.62. The van der Waals surface area contributed by atoms with Gasteiger partial charge in [-0.15, -0.1) is 11.3 Å². The molecule has 1 aliphatic carbocycles. The van der Waals surface area contributed by atoms with Crippen molar-refractivity contribution in [2.24, 2.45) is 16.6 Å². The van der Waals surface area contributed by atoms with Crippen LogP contribution in [-0.2, 0) is 27.8 Å². The second-order valence-electron chi connectivity index (χ2n) is 12.5. The van der Waals surface area contributed by atoms with Crippen molar-refractivity contribution in [3.05, 3.63) is 45.8 Å². The molecule has 2 aromatic rings. The van der Waals surface area contributed by atoms with Gasteiger partial charge in [0, 0.05) is 36.5 Å². The summed E-state index contributed by atoms with van der Waals surface area (Å²) >= 11 is 1.15. The van der Waals surface area contributed by atoms with Crippen LogP contribution in [0.15, 0.2) is 29.2 Å². The average Bonchev–Trinajstić information content (AvgIpc) is 3.35. The molecule has 2 bridgehead atoms. The summed E-state index contributed by atoms with van der Waals surface area (Å²) in [5.74, 6) is -1.39. The van der Waals surface area contributed by atoms with Crippen LogP contribution in [0.4, 0.5) is 9.80 Å². The van der Waals surface area contributed by atoms with E-state index in [0.717, 1.165) is 35.5 Å². The predicted molar refractivity (Wildman–Crippen MR) is 154 cm³/mol. The van der Waals surface area contributed by atoms with Gasteiger partial charge in [-0.25, -0.2) is 13.2 Å². The lowest BCUT2D eigenvalue weighted by Gasteiger charge is -2.39. The van der Waals surface area contributed by atoms with E-state index in [2.05, 4.69) is 31.4 Å². The van der Waals surface area contributed by atoms with Crippen LogP contribution in [0.5, 0.6) is 0 Å². The molecule has 4 N–H and O–H groups in total. The van der Waals surface area contributed by atoms with Crippen LogP contribution in [0.25, 0.3) is 0 Å². The van der Waals surface area contributed by atoms with Gasteiger partial charge in [-0.1, -0.05) is 20.8 Å². The zero-order valence-electron chi connectivity index (χ0n) is 23.6. The quantitative estimate of drug-likeness (QED) is 0.477. The molecule has 2 fully saturated rings. The van der Waals surface area contributed by atoms with Crippen molar-refractivity contribution >= 4 is 50.1 Å². The van der Waals surface area contributed by atoms with E-state index in [1.165, 1.54) is 31.2 Å². The van der Waals surface area contributed by atoms with Gasteiger partial charge >= 0.3 is 6.03 Å². The second kappa shape index (κ2) is 10.2. The number of amides is 5. The number of carbonyl (C=O) groups is 4. The Kier molecular flexibility index (Phi) is 7.27. The Morgan fingerprint density at radius 3 is 2.37 bits per heavy atom. The van der Waals surface area contributed by atoms with Crippen LogP contribution >= 0.6 is 11.3 Å². The molecule has 1 saturated heterocycles. The molecule has 0 radical (unpaired) electrons. The Balaban J connectivity index is 1.37. The van der Waals surface area contributed by atoms with E-state index < -0.39 is 27.9 Å². The molecule has 2 atom stereocenters. The Hall–Kier alpha value is -3.29. The lowest BCUT2D eigenvalue weighted by atomic mass is 9.65. The summed E-state index contributed by atoms with van der Waals surface area (Å²) in [4.78, 5) is 51.9. The molecule has 11 nitrogen and oxygen atoms in total. The van der Waals surface area contributed by atoms with Gasteiger partial charge in [-0.2, -0.15) is 4.31 Å². The number of fused-ring (bicyclic) bond motifs is 3. The highest BCUT2D eigenvalue weighted by Gasteiger charge is 2.53. The van der Waals surface area contributed by atoms with E-state index in [1.54, 1.807) is 9.21 Å². The Morgan fingerprint density at radius 2 is 1.73 bits per heavy atom. The number of carbonyl (C=O) groups excluding carboxylic acids is 4. The number of benzene rings is 1. The number of hydrogen-bond acceptors (Lipinski definition) is 7. The van der Waals surface area contributed by atoms with E-state index in [9.17, 15) is 27.6 Å². The van der Waals surface area contributed by atoms with Crippen molar-refractivity contribution in [1.29, 1.82) is 0 Å². The molecule has 13 heteroatoms. The van der Waals surface area contributed by atoms with E-state index in [1.807, 2.05) is 0 Å². The summed E-state index contributed by atoms with van der Waals surface area (Å²) in [6.45, 7) is 9.15. The van der Waals surface area contributed by atoms with Gasteiger partial charge in [0.05, 0.1) is 17.0 Å². The fraction of sp³-hybridized carbons (Fsp3) is 0.500. The third-order valence-electron chi connectivity index (χ3n) is 8.28. The van der Waals surface area contributed by atoms with Crippen LogP contribution in [0.2, 0.25) is 0 Å². The summed E-state index contributed by atoms with van der Waals surface area (Å²) in [5.41, 5.74) is 6.17. The van der Waals surface area contributed by atoms with E-state index >= 15 is 0 Å². The molecule has 2 unspecified atom stereocenters. The van der Waals surface area contributed by atoms with Crippen molar-refractivity contribution in [2.45, 2.75) is 70.9 Å². The number of rotatable bonds is 5. The molecule has 3 heterocycles. The summed E-state index contributed by atoms with van der Waals surface area (Å²) in [6, 6.07) is 4.69. The monoisotopic (exact) mass is 601 g/mol. The molecule has 1 saturated carbocycles. The lowest BCUT2D eigenvalue weighted by Crippen LogP contribution is -2.37. The zero-order valence-corrected chi connectivity index (χ0v) is 25.2. The highest BCUT2D eigenvalue weighted by Crippen LogP contribution is 2.53. The fourth-order valence-electron chi connectivity index (χ4n) is 6.95. The molecule has 3 aliphatic rings. The molecule has 220 valence electrons. The number of thiophene rings is 1. The lowest BCUT2D eigenvalue weighted by molar-refractivity contribution is -0.129. The molecular formula is C28H35N5O6S2. The maximum absolute atomic E-state index is 13.6. The number of imide groups is 1. The van der Waals surface area contributed by atoms with Crippen LogP contribution < -0.4 is 16.4 Å². The van der Waals surface area contributed by atoms with E-state index in [4.69, 9.17) is 5.73 Å². The van der Waals surface area contributed by atoms with Crippen LogP contribution in [0.3, 0.4) is 0 Å². The normalized spacial score (nSPS) is 23.5. The average molecular weight is 602 g/mol. The maximum atomic E-state index is 13.6. The van der Waals surface area contributed by atoms with Crippen molar-refractivity contribution in [3.8, 4) is 0 Å². The minimum Gasteiger partial charge on any atom is -0.351 e. The number of hydrogen-bond donors (Lipinski definition) is 3. The van der Waals surface area contributed by atoms with Crippen LogP contribution in [-0.4, -0.2) is 60.5 Å². The van der Waals surface area contributed by atoms with Crippen LogP contribution in [0.1, 0.15) is 78.1 Å². The fourth-order valence-corrected chi connectivity index (χ4v) is 9.98. The third-order valence-corrected chi connectivity index (χ3v) is 11.3. The number of sulfonamides is 1. The minimum absolute atomic E-state index is 0.0505. The van der Waals surface area contributed by atoms with Gasteiger partial charge in [-0.05, 0) is 66.3 Å². The van der Waals surface area contributed by atoms with Gasteiger partial charge in [0.1, 0.15) is 5.00 Å². The summed E-state index contributed by atoms with van der Waals surface area (Å²) in [5, 5.41) is 5.03. The molecule has 2 aliphatic heterocycles. The first-order chi connectivity index (χ1) is 19.1. The van der Waals surface area contributed by atoms with E-state index in [0.29, 0.717) is 25.1 Å². The SMILES string of the molecule is CC(=O)N1CCc2c(sc(NC(=O)c3ccc(S(=O)(=O)N4CC5(C)CC4CC(C)(C)C5)cc3)c2C(=O)NC(N)=O)C1. The van der Waals surface area contributed by atoms with Crippen molar-refractivity contribution in [2.75, 3.05) is 18.4 Å². The molecule has 1 aromatic carbocycles. The first kappa shape index (κ1) is 29.2. The smallest absolute Gasteiger partial charge is 0.319 e.